The maximum Gasteiger partial charge on any atom is 0.226 e. The molecule has 0 radical (unpaired) electrons. The Kier molecular flexibility index (Phi) is 6.69. The molecule has 0 bridgehead atoms. The predicted molar refractivity (Wildman–Crippen MR) is 94.6 cm³/mol. The molecule has 0 fully saturated rings. The quantitative estimate of drug-likeness (QED) is 0.768. The van der Waals surface area contributed by atoms with Crippen LogP contribution in [0.2, 0.25) is 0 Å². The van der Waals surface area contributed by atoms with E-state index in [4.69, 9.17) is 0 Å². The third-order valence-corrected chi connectivity index (χ3v) is 4.00. The Hall–Kier alpha value is -2.27. The van der Waals surface area contributed by atoms with Crippen molar-refractivity contribution in [1.29, 1.82) is 0 Å². The summed E-state index contributed by atoms with van der Waals surface area (Å²) in [6.07, 6.45) is 2.59. The van der Waals surface area contributed by atoms with E-state index in [0.29, 0.717) is 13.0 Å². The highest BCUT2D eigenvalue weighted by Gasteiger charge is 2.05. The fraction of sp³-hybridized carbons (Fsp3) is 0.222. The highest BCUT2D eigenvalue weighted by Crippen LogP contribution is 2.17. The molecule has 23 heavy (non-hydrogen) atoms. The molecule has 0 aromatic heterocycles. The van der Waals surface area contributed by atoms with E-state index in [1.54, 1.807) is 11.8 Å². The van der Waals surface area contributed by atoms with Gasteiger partial charge in [-0.1, -0.05) is 30.3 Å². The first-order valence-corrected chi connectivity index (χ1v) is 8.64. The van der Waals surface area contributed by atoms with E-state index in [1.165, 1.54) is 0 Å². The van der Waals surface area contributed by atoms with E-state index in [1.807, 2.05) is 60.9 Å². The minimum atomic E-state index is -0.109. The fourth-order valence-corrected chi connectivity index (χ4v) is 2.47. The van der Waals surface area contributed by atoms with Gasteiger partial charge in [0.2, 0.25) is 11.8 Å². The Morgan fingerprint density at radius 1 is 0.957 bits per heavy atom. The first kappa shape index (κ1) is 17.1. The topological polar surface area (TPSA) is 58.2 Å². The molecule has 2 amide bonds. The molecular formula is C18H20N2O2S. The number of hydrogen-bond acceptors (Lipinski definition) is 3. The lowest BCUT2D eigenvalue weighted by atomic mass is 10.1. The summed E-state index contributed by atoms with van der Waals surface area (Å²) < 4.78 is 0. The average Bonchev–Trinajstić information content (AvgIpc) is 2.56. The smallest absolute Gasteiger partial charge is 0.226 e. The standard InChI is InChI=1S/C18H20N2O2S/c1-23-16-9-7-15(8-10-16)20-17(21)11-12-19-18(22)13-14-5-3-2-4-6-14/h2-10H,11-13H2,1H3,(H,19,22)(H,20,21). The summed E-state index contributed by atoms with van der Waals surface area (Å²) in [7, 11) is 0. The minimum Gasteiger partial charge on any atom is -0.355 e. The van der Waals surface area contributed by atoms with Crippen molar-refractivity contribution in [3.05, 3.63) is 60.2 Å². The largest absolute Gasteiger partial charge is 0.355 e. The maximum absolute atomic E-state index is 11.8. The summed E-state index contributed by atoms with van der Waals surface area (Å²) in [6.45, 7) is 0.334. The molecule has 0 spiro atoms. The third kappa shape index (κ3) is 6.16. The Morgan fingerprint density at radius 3 is 2.30 bits per heavy atom. The van der Waals surface area contributed by atoms with Crippen molar-refractivity contribution in [2.75, 3.05) is 18.1 Å². The van der Waals surface area contributed by atoms with E-state index in [0.717, 1.165) is 16.1 Å². The van der Waals surface area contributed by atoms with Crippen LogP contribution in [0.3, 0.4) is 0 Å². The van der Waals surface area contributed by atoms with Gasteiger partial charge in [-0.15, -0.1) is 11.8 Å². The Morgan fingerprint density at radius 2 is 1.65 bits per heavy atom. The molecule has 0 unspecified atom stereocenters. The summed E-state index contributed by atoms with van der Waals surface area (Å²) in [5.41, 5.74) is 1.73. The number of carbonyl (C=O) groups is 2. The van der Waals surface area contributed by atoms with E-state index in [-0.39, 0.29) is 18.2 Å². The van der Waals surface area contributed by atoms with Crippen LogP contribution in [0, 0.1) is 0 Å². The molecule has 0 aliphatic heterocycles. The van der Waals surface area contributed by atoms with Crippen LogP contribution < -0.4 is 10.6 Å². The lowest BCUT2D eigenvalue weighted by Gasteiger charge is -2.07. The lowest BCUT2D eigenvalue weighted by molar-refractivity contribution is -0.120. The fourth-order valence-electron chi connectivity index (χ4n) is 2.06. The van der Waals surface area contributed by atoms with Crippen LogP contribution >= 0.6 is 11.8 Å². The summed E-state index contributed by atoms with van der Waals surface area (Å²) in [5.74, 6) is -0.185. The number of benzene rings is 2. The first-order valence-electron chi connectivity index (χ1n) is 7.42. The highest BCUT2D eigenvalue weighted by molar-refractivity contribution is 7.98. The molecule has 2 aromatic carbocycles. The third-order valence-electron chi connectivity index (χ3n) is 3.26. The van der Waals surface area contributed by atoms with Crippen molar-refractivity contribution in [3.8, 4) is 0 Å². The van der Waals surface area contributed by atoms with Crippen molar-refractivity contribution in [3.63, 3.8) is 0 Å². The molecule has 0 aliphatic rings. The number of carbonyl (C=O) groups excluding carboxylic acids is 2. The van der Waals surface area contributed by atoms with Crippen LogP contribution in [0.1, 0.15) is 12.0 Å². The molecule has 0 heterocycles. The zero-order valence-electron chi connectivity index (χ0n) is 13.0. The summed E-state index contributed by atoms with van der Waals surface area (Å²) in [6, 6.07) is 17.2. The Labute approximate surface area is 140 Å². The number of rotatable bonds is 7. The van der Waals surface area contributed by atoms with Gasteiger partial charge in [0, 0.05) is 23.5 Å². The van der Waals surface area contributed by atoms with Gasteiger partial charge >= 0.3 is 0 Å². The van der Waals surface area contributed by atoms with Crippen LogP contribution in [0.4, 0.5) is 5.69 Å². The van der Waals surface area contributed by atoms with Crippen LogP contribution in [0.15, 0.2) is 59.5 Å². The van der Waals surface area contributed by atoms with E-state index >= 15 is 0 Å². The minimum absolute atomic E-state index is 0.0756. The molecule has 0 saturated heterocycles. The second-order valence-corrected chi connectivity index (χ2v) is 5.92. The molecule has 2 rings (SSSR count). The molecule has 0 aliphatic carbocycles. The first-order chi connectivity index (χ1) is 11.2. The van der Waals surface area contributed by atoms with Crippen LogP contribution in [-0.2, 0) is 16.0 Å². The van der Waals surface area contributed by atoms with Crippen molar-refractivity contribution in [2.24, 2.45) is 0 Å². The van der Waals surface area contributed by atoms with Gasteiger partial charge in [-0.2, -0.15) is 0 Å². The monoisotopic (exact) mass is 328 g/mol. The SMILES string of the molecule is CSc1ccc(NC(=O)CCNC(=O)Cc2ccccc2)cc1. The van der Waals surface area contributed by atoms with Gasteiger partial charge in [-0.25, -0.2) is 0 Å². The van der Waals surface area contributed by atoms with Gasteiger partial charge in [0.1, 0.15) is 0 Å². The maximum atomic E-state index is 11.8. The van der Waals surface area contributed by atoms with Crippen LogP contribution in [-0.4, -0.2) is 24.6 Å². The van der Waals surface area contributed by atoms with Gasteiger partial charge in [0.05, 0.1) is 6.42 Å². The molecule has 4 nitrogen and oxygen atoms in total. The van der Waals surface area contributed by atoms with Gasteiger partial charge in [-0.05, 0) is 36.1 Å². The summed E-state index contributed by atoms with van der Waals surface area (Å²) in [5, 5.41) is 5.58. The molecule has 2 aromatic rings. The number of amides is 2. The molecule has 120 valence electrons. The zero-order chi connectivity index (χ0) is 16.5. The Bertz CT molecular complexity index is 642. The number of anilines is 1. The zero-order valence-corrected chi connectivity index (χ0v) is 13.9. The van der Waals surface area contributed by atoms with Crippen molar-refractivity contribution >= 4 is 29.3 Å². The second kappa shape index (κ2) is 9.00. The number of hydrogen-bond donors (Lipinski definition) is 2. The van der Waals surface area contributed by atoms with Crippen molar-refractivity contribution in [2.45, 2.75) is 17.7 Å². The second-order valence-electron chi connectivity index (χ2n) is 5.04. The van der Waals surface area contributed by atoms with Crippen LogP contribution in [0.5, 0.6) is 0 Å². The average molecular weight is 328 g/mol. The van der Waals surface area contributed by atoms with Crippen LogP contribution in [0.25, 0.3) is 0 Å². The van der Waals surface area contributed by atoms with Crippen molar-refractivity contribution < 1.29 is 9.59 Å². The van der Waals surface area contributed by atoms with E-state index in [2.05, 4.69) is 10.6 Å². The molecule has 0 atom stereocenters. The molecule has 0 saturated carbocycles. The van der Waals surface area contributed by atoms with Gasteiger partial charge in [0.25, 0.3) is 0 Å². The normalized spacial score (nSPS) is 10.1. The van der Waals surface area contributed by atoms with E-state index < -0.39 is 0 Å². The molecule has 2 N–H and O–H groups in total. The van der Waals surface area contributed by atoms with Gasteiger partial charge < -0.3 is 10.6 Å². The summed E-state index contributed by atoms with van der Waals surface area (Å²) >= 11 is 1.65. The number of thioether (sulfide) groups is 1. The predicted octanol–water partition coefficient (Wildman–Crippen LogP) is 3.10. The Balaban J connectivity index is 1.68. The van der Waals surface area contributed by atoms with Crippen molar-refractivity contribution in [1.82, 2.24) is 5.32 Å². The van der Waals surface area contributed by atoms with E-state index in [9.17, 15) is 9.59 Å². The highest BCUT2D eigenvalue weighted by atomic mass is 32.2. The number of nitrogens with one attached hydrogen (secondary N) is 2. The molecule has 5 heteroatoms. The van der Waals surface area contributed by atoms with Gasteiger partial charge in [-0.3, -0.25) is 9.59 Å². The van der Waals surface area contributed by atoms with Gasteiger partial charge in [0.15, 0.2) is 0 Å². The molecular weight excluding hydrogens is 308 g/mol. The summed E-state index contributed by atoms with van der Waals surface area (Å²) in [4.78, 5) is 24.8. The lowest BCUT2D eigenvalue weighted by Crippen LogP contribution is -2.28.